The number of halogens is 4. The number of hydrogen-bond acceptors (Lipinski definition) is 4. The Kier molecular flexibility index (Phi) is 6.79. The number of carbonyl (C=O) groups is 1. The molecule has 1 aromatic heterocycles. The molecule has 10 heteroatoms. The van der Waals surface area contributed by atoms with Crippen molar-refractivity contribution in [1.29, 1.82) is 0 Å². The van der Waals surface area contributed by atoms with E-state index in [1.807, 2.05) is 0 Å². The third-order valence-electron chi connectivity index (χ3n) is 4.79. The molecule has 0 spiro atoms. The number of benzene rings is 2. The minimum atomic E-state index is -4.52. The number of anilines is 1. The van der Waals surface area contributed by atoms with E-state index in [1.54, 1.807) is 6.92 Å². The molecule has 0 radical (unpaired) electrons. The maximum Gasteiger partial charge on any atom is 0.416 e. The van der Waals surface area contributed by atoms with E-state index in [1.165, 1.54) is 31.4 Å². The molecule has 1 amide bonds. The largest absolute Gasteiger partial charge is 0.416 e. The summed E-state index contributed by atoms with van der Waals surface area (Å²) in [7, 11) is 1.49. The van der Waals surface area contributed by atoms with Crippen LogP contribution in [0.3, 0.4) is 0 Å². The number of ether oxygens (including phenoxy) is 1. The van der Waals surface area contributed by atoms with Crippen molar-refractivity contribution in [3.8, 4) is 0 Å². The van der Waals surface area contributed by atoms with Crippen molar-refractivity contribution in [2.45, 2.75) is 25.6 Å². The van der Waals surface area contributed by atoms with Gasteiger partial charge in [0.05, 0.1) is 35.7 Å². The number of alkyl halides is 3. The van der Waals surface area contributed by atoms with Crippen molar-refractivity contribution in [3.05, 3.63) is 58.9 Å². The third-order valence-corrected chi connectivity index (χ3v) is 4.79. The van der Waals surface area contributed by atoms with E-state index >= 15 is 0 Å². The quantitative estimate of drug-likeness (QED) is 0.361. The fourth-order valence-corrected chi connectivity index (χ4v) is 3.16. The molecule has 0 saturated heterocycles. The lowest BCUT2D eigenvalue weighted by molar-refractivity contribution is -0.137. The molecule has 1 unspecified atom stereocenters. The Bertz CT molecular complexity index is 1070. The first-order chi connectivity index (χ1) is 14.7. The number of nitrogens with one attached hydrogen (secondary N) is 3. The summed E-state index contributed by atoms with van der Waals surface area (Å²) in [6, 6.07) is 6.76. The van der Waals surface area contributed by atoms with Crippen LogP contribution in [0.1, 0.15) is 29.2 Å². The van der Waals surface area contributed by atoms with E-state index in [9.17, 15) is 22.4 Å². The molecule has 0 fully saturated rings. The molecule has 3 rings (SSSR count). The molecule has 0 aliphatic heterocycles. The van der Waals surface area contributed by atoms with E-state index in [0.717, 1.165) is 12.1 Å². The molecule has 166 valence electrons. The molecule has 0 bridgehead atoms. The minimum Gasteiger partial charge on any atom is -0.383 e. The van der Waals surface area contributed by atoms with Crippen LogP contribution in [-0.4, -0.2) is 36.1 Å². The van der Waals surface area contributed by atoms with Gasteiger partial charge in [-0.25, -0.2) is 9.37 Å². The summed E-state index contributed by atoms with van der Waals surface area (Å²) in [6.07, 6.45) is -4.66. The minimum absolute atomic E-state index is 0.143. The van der Waals surface area contributed by atoms with Crippen LogP contribution in [0, 0.1) is 12.7 Å². The van der Waals surface area contributed by atoms with Crippen molar-refractivity contribution < 1.29 is 27.1 Å². The Morgan fingerprint density at radius 1 is 1.26 bits per heavy atom. The van der Waals surface area contributed by atoms with Crippen LogP contribution in [0.15, 0.2) is 36.4 Å². The highest BCUT2D eigenvalue weighted by atomic mass is 19.4. The number of H-pyrrole nitrogens is 1. The molecule has 2 aromatic carbocycles. The smallest absolute Gasteiger partial charge is 0.383 e. The van der Waals surface area contributed by atoms with E-state index in [0.29, 0.717) is 23.2 Å². The first kappa shape index (κ1) is 22.5. The second-order valence-electron chi connectivity index (χ2n) is 7.02. The van der Waals surface area contributed by atoms with Crippen molar-refractivity contribution >= 4 is 22.9 Å². The number of methoxy groups -OCH3 is 1. The van der Waals surface area contributed by atoms with Gasteiger partial charge in [-0.05, 0) is 36.8 Å². The van der Waals surface area contributed by atoms with Gasteiger partial charge in [0.25, 0.3) is 0 Å². The van der Waals surface area contributed by atoms with Crippen molar-refractivity contribution in [1.82, 2.24) is 15.3 Å². The lowest BCUT2D eigenvalue weighted by Gasteiger charge is -2.20. The summed E-state index contributed by atoms with van der Waals surface area (Å²) >= 11 is 0. The van der Waals surface area contributed by atoms with Gasteiger partial charge in [0.1, 0.15) is 5.82 Å². The molecule has 1 atom stereocenters. The summed E-state index contributed by atoms with van der Waals surface area (Å²) in [5.41, 5.74) is 0.748. The Morgan fingerprint density at radius 2 is 2.03 bits per heavy atom. The van der Waals surface area contributed by atoms with Crippen molar-refractivity contribution in [2.75, 3.05) is 25.6 Å². The number of nitrogens with zero attached hydrogens (tertiary/aromatic N) is 1. The van der Waals surface area contributed by atoms with Gasteiger partial charge in [0.2, 0.25) is 11.9 Å². The normalized spacial score (nSPS) is 12.7. The molecule has 0 aliphatic rings. The molecule has 1 heterocycles. The van der Waals surface area contributed by atoms with Crippen LogP contribution in [-0.2, 0) is 15.7 Å². The summed E-state index contributed by atoms with van der Waals surface area (Å²) in [5.74, 6) is -0.571. The Hall–Kier alpha value is -3.14. The van der Waals surface area contributed by atoms with Crippen LogP contribution < -0.4 is 10.6 Å². The number of aromatic amines is 1. The average Bonchev–Trinajstić information content (AvgIpc) is 3.13. The topological polar surface area (TPSA) is 79.0 Å². The van der Waals surface area contributed by atoms with E-state index in [-0.39, 0.29) is 30.4 Å². The summed E-state index contributed by atoms with van der Waals surface area (Å²) in [4.78, 5) is 19.6. The van der Waals surface area contributed by atoms with Gasteiger partial charge in [-0.15, -0.1) is 0 Å². The Balaban J connectivity index is 1.90. The van der Waals surface area contributed by atoms with Crippen LogP contribution in [0.2, 0.25) is 0 Å². The maximum absolute atomic E-state index is 13.8. The van der Waals surface area contributed by atoms with Gasteiger partial charge in [-0.1, -0.05) is 12.1 Å². The van der Waals surface area contributed by atoms with Gasteiger partial charge < -0.3 is 20.4 Å². The molecule has 31 heavy (non-hydrogen) atoms. The molecule has 3 N–H and O–H groups in total. The molecule has 0 aliphatic carbocycles. The highest BCUT2D eigenvalue weighted by Crippen LogP contribution is 2.32. The third kappa shape index (κ3) is 5.52. The monoisotopic (exact) mass is 438 g/mol. The lowest BCUT2D eigenvalue weighted by Crippen LogP contribution is -2.30. The number of imidazole rings is 1. The molecule has 0 saturated carbocycles. The van der Waals surface area contributed by atoms with Crippen LogP contribution in [0.5, 0.6) is 0 Å². The SMILES string of the molecule is COCCNC(=O)CC(Nc1nc2c(C)c(F)ccc2[nH]1)c1cccc(C(F)(F)F)c1. The maximum atomic E-state index is 13.8. The molecule has 6 nitrogen and oxygen atoms in total. The van der Waals surface area contributed by atoms with Crippen molar-refractivity contribution in [2.24, 2.45) is 0 Å². The van der Waals surface area contributed by atoms with Crippen LogP contribution >= 0.6 is 0 Å². The summed E-state index contributed by atoms with van der Waals surface area (Å²) in [5, 5.41) is 5.63. The lowest BCUT2D eigenvalue weighted by atomic mass is 10.0. The Morgan fingerprint density at radius 3 is 2.74 bits per heavy atom. The van der Waals surface area contributed by atoms with Crippen molar-refractivity contribution in [3.63, 3.8) is 0 Å². The first-order valence-electron chi connectivity index (χ1n) is 9.53. The number of aromatic nitrogens is 2. The average molecular weight is 438 g/mol. The predicted octanol–water partition coefficient (Wildman–Crippen LogP) is 4.34. The second kappa shape index (κ2) is 9.34. The van der Waals surface area contributed by atoms with Gasteiger partial charge in [0.15, 0.2) is 0 Å². The van der Waals surface area contributed by atoms with Gasteiger partial charge in [-0.3, -0.25) is 4.79 Å². The highest BCUT2D eigenvalue weighted by Gasteiger charge is 2.31. The zero-order valence-electron chi connectivity index (χ0n) is 16.9. The highest BCUT2D eigenvalue weighted by molar-refractivity contribution is 5.81. The molecular weight excluding hydrogens is 416 g/mol. The zero-order valence-corrected chi connectivity index (χ0v) is 16.9. The van der Waals surface area contributed by atoms with Gasteiger partial charge >= 0.3 is 6.18 Å². The van der Waals surface area contributed by atoms with Gasteiger partial charge in [0, 0.05) is 19.2 Å². The van der Waals surface area contributed by atoms with Crippen LogP contribution in [0.4, 0.5) is 23.5 Å². The standard InChI is InChI=1S/C21H22F4N4O2/c1-12-15(22)6-7-16-19(12)29-20(27-16)28-17(11-18(30)26-8-9-31-2)13-4-3-5-14(10-13)21(23,24)25/h3-7,10,17H,8-9,11H2,1-2H3,(H,26,30)(H2,27,28,29). The predicted molar refractivity (Wildman–Crippen MR) is 108 cm³/mol. The first-order valence-corrected chi connectivity index (χ1v) is 9.53. The fraction of sp³-hybridized carbons (Fsp3) is 0.333. The zero-order chi connectivity index (χ0) is 22.6. The molecule has 3 aromatic rings. The number of aryl methyl sites for hydroxylation is 1. The summed E-state index contributed by atoms with van der Waals surface area (Å²) in [6.45, 7) is 2.16. The molecular formula is C21H22F4N4O2. The summed E-state index contributed by atoms with van der Waals surface area (Å²) < 4.78 is 58.2. The Labute approximate surface area is 176 Å². The number of carbonyl (C=O) groups excluding carboxylic acids is 1. The fourth-order valence-electron chi connectivity index (χ4n) is 3.16. The van der Waals surface area contributed by atoms with Crippen LogP contribution in [0.25, 0.3) is 11.0 Å². The van der Waals surface area contributed by atoms with E-state index in [2.05, 4.69) is 20.6 Å². The van der Waals surface area contributed by atoms with E-state index in [4.69, 9.17) is 4.74 Å². The number of fused-ring (bicyclic) bond motifs is 1. The number of hydrogen-bond donors (Lipinski definition) is 3. The second-order valence-corrected chi connectivity index (χ2v) is 7.02. The van der Waals surface area contributed by atoms with E-state index < -0.39 is 23.6 Å². The number of amides is 1. The number of rotatable bonds is 8. The van der Waals surface area contributed by atoms with Gasteiger partial charge in [-0.2, -0.15) is 13.2 Å².